The molecular weight excluding hydrogens is 545 g/mol. The summed E-state index contributed by atoms with van der Waals surface area (Å²) in [4.78, 5) is 31.5. The van der Waals surface area contributed by atoms with E-state index in [1.54, 1.807) is 39.9 Å². The topological polar surface area (TPSA) is 75.8 Å². The van der Waals surface area contributed by atoms with Crippen LogP contribution in [0.15, 0.2) is 59.7 Å². The summed E-state index contributed by atoms with van der Waals surface area (Å²) in [5.41, 5.74) is 2.32. The maximum absolute atomic E-state index is 15.4. The van der Waals surface area contributed by atoms with Gasteiger partial charge >= 0.3 is 0 Å². The number of fused-ring (bicyclic) bond motifs is 3. The summed E-state index contributed by atoms with van der Waals surface area (Å²) in [7, 11) is 1.21. The number of hydrogen-bond acceptors (Lipinski definition) is 6. The molecular formula is C31H29F3N6O2. The predicted molar refractivity (Wildman–Crippen MR) is 153 cm³/mol. The molecule has 2 aliphatic rings. The highest BCUT2D eigenvalue weighted by Crippen LogP contribution is 2.38. The fourth-order valence-corrected chi connectivity index (χ4v) is 5.39. The quantitative estimate of drug-likeness (QED) is 0.281. The van der Waals surface area contributed by atoms with Crippen LogP contribution in [0.25, 0.3) is 22.6 Å². The molecule has 0 radical (unpaired) electrons. The summed E-state index contributed by atoms with van der Waals surface area (Å²) in [6.07, 6.45) is 1.61. The van der Waals surface area contributed by atoms with E-state index >= 15 is 4.39 Å². The molecule has 2 aromatic carbocycles. The number of aromatic nitrogens is 3. The maximum Gasteiger partial charge on any atom is 0.283 e. The second-order valence-electron chi connectivity index (χ2n) is 10.6. The molecule has 42 heavy (non-hydrogen) atoms. The first kappa shape index (κ1) is 27.5. The molecule has 0 saturated carbocycles. The molecule has 0 aliphatic carbocycles. The molecule has 0 spiro atoms. The minimum Gasteiger partial charge on any atom is -0.491 e. The molecule has 2 aliphatic heterocycles. The monoisotopic (exact) mass is 574 g/mol. The van der Waals surface area contributed by atoms with Crippen molar-refractivity contribution in [3.05, 3.63) is 83.4 Å². The first-order valence-corrected chi connectivity index (χ1v) is 13.7. The Hall–Kier alpha value is -4.67. The number of benzene rings is 2. The van der Waals surface area contributed by atoms with E-state index in [-0.39, 0.29) is 41.5 Å². The number of halogens is 3. The maximum atomic E-state index is 15.4. The van der Waals surface area contributed by atoms with Crippen LogP contribution in [0.1, 0.15) is 36.8 Å². The smallest absolute Gasteiger partial charge is 0.283 e. The van der Waals surface area contributed by atoms with E-state index in [1.807, 2.05) is 11.8 Å². The zero-order chi connectivity index (χ0) is 29.7. The van der Waals surface area contributed by atoms with E-state index < -0.39 is 17.4 Å². The van der Waals surface area contributed by atoms with Gasteiger partial charge in [-0.25, -0.2) is 23.1 Å². The number of amides is 1. The van der Waals surface area contributed by atoms with E-state index in [2.05, 4.69) is 18.8 Å². The first-order chi connectivity index (χ1) is 20.2. The number of anilines is 1. The third-order valence-corrected chi connectivity index (χ3v) is 7.69. The van der Waals surface area contributed by atoms with Crippen molar-refractivity contribution in [3.8, 4) is 28.4 Å². The first-order valence-electron chi connectivity index (χ1n) is 13.7. The third-order valence-electron chi connectivity index (χ3n) is 7.69. The van der Waals surface area contributed by atoms with Gasteiger partial charge in [-0.1, -0.05) is 19.9 Å². The van der Waals surface area contributed by atoms with E-state index in [1.165, 1.54) is 25.3 Å². The average Bonchev–Trinajstić information content (AvgIpc) is 3.58. The van der Waals surface area contributed by atoms with Gasteiger partial charge in [-0.05, 0) is 55.3 Å². The minimum atomic E-state index is -0.830. The molecule has 4 aromatic rings. The Bertz CT molecular complexity index is 1700. The highest BCUT2D eigenvalue weighted by molar-refractivity contribution is 6.18. The number of ether oxygens (including phenoxy) is 1. The molecule has 2 aromatic heterocycles. The Morgan fingerprint density at radius 2 is 1.76 bits per heavy atom. The van der Waals surface area contributed by atoms with Crippen molar-refractivity contribution >= 4 is 17.7 Å². The van der Waals surface area contributed by atoms with Crippen LogP contribution in [0.3, 0.4) is 0 Å². The number of aliphatic imine (C=N–C) groups is 1. The fourth-order valence-electron chi connectivity index (χ4n) is 5.39. The molecule has 216 valence electrons. The predicted octanol–water partition coefficient (Wildman–Crippen LogP) is 5.76. The lowest BCUT2D eigenvalue weighted by atomic mass is 10.1. The molecule has 0 unspecified atom stereocenters. The number of methoxy groups -OCH3 is 1. The molecule has 0 fully saturated rings. The number of carbonyl (C=O) groups is 1. The highest BCUT2D eigenvalue weighted by Gasteiger charge is 2.44. The lowest BCUT2D eigenvalue weighted by Crippen LogP contribution is -2.50. The number of rotatable bonds is 7. The average molecular weight is 575 g/mol. The number of imidazole rings is 1. The summed E-state index contributed by atoms with van der Waals surface area (Å²) >= 11 is 0. The number of carbonyl (C=O) groups excluding carboxylic acids is 1. The van der Waals surface area contributed by atoms with Crippen molar-refractivity contribution in [2.24, 2.45) is 10.9 Å². The Labute approximate surface area is 241 Å². The summed E-state index contributed by atoms with van der Waals surface area (Å²) in [6, 6.07) is 12.0. The third kappa shape index (κ3) is 4.49. The van der Waals surface area contributed by atoms with Crippen LogP contribution in [0, 0.1) is 23.4 Å². The second-order valence-corrected chi connectivity index (χ2v) is 10.6. The molecule has 11 heteroatoms. The Kier molecular flexibility index (Phi) is 6.96. The van der Waals surface area contributed by atoms with Gasteiger partial charge in [-0.15, -0.1) is 0 Å². The van der Waals surface area contributed by atoms with Crippen molar-refractivity contribution in [2.75, 3.05) is 25.1 Å². The van der Waals surface area contributed by atoms with Crippen molar-refractivity contribution in [2.45, 2.75) is 33.4 Å². The summed E-state index contributed by atoms with van der Waals surface area (Å²) in [6.45, 7) is 6.88. The van der Waals surface area contributed by atoms with Gasteiger partial charge in [-0.3, -0.25) is 19.6 Å². The zero-order valence-electron chi connectivity index (χ0n) is 23.6. The normalized spacial score (nSPS) is 16.1. The summed E-state index contributed by atoms with van der Waals surface area (Å²) < 4.78 is 49.9. The number of guanidine groups is 1. The molecule has 0 saturated heterocycles. The molecule has 6 rings (SSSR count). The molecule has 8 nitrogen and oxygen atoms in total. The number of pyridine rings is 1. The van der Waals surface area contributed by atoms with Crippen LogP contribution in [-0.2, 0) is 6.54 Å². The number of nitrogens with zero attached hydrogens (tertiary/aromatic N) is 6. The lowest BCUT2D eigenvalue weighted by Gasteiger charge is -2.34. The Morgan fingerprint density at radius 3 is 2.40 bits per heavy atom. The SMILES string of the molecule is CCN1C(=O)c2nc(-c3ccc(-c4ccc(F)cc4)nc3)n(Cc3ccc(F)c(OC)c3F)c2N2C[C@@H](C(C)C)N=C12. The largest absolute Gasteiger partial charge is 0.491 e. The summed E-state index contributed by atoms with van der Waals surface area (Å²) in [5.74, 6) is -1.14. The summed E-state index contributed by atoms with van der Waals surface area (Å²) in [5, 5.41) is 0. The van der Waals surface area contributed by atoms with Crippen LogP contribution >= 0.6 is 0 Å². The van der Waals surface area contributed by atoms with Gasteiger partial charge in [0, 0.05) is 29.4 Å². The van der Waals surface area contributed by atoms with Gasteiger partial charge in [0.1, 0.15) is 17.5 Å². The van der Waals surface area contributed by atoms with Crippen molar-refractivity contribution < 1.29 is 22.7 Å². The zero-order valence-corrected chi connectivity index (χ0v) is 23.6. The number of hydrogen-bond donors (Lipinski definition) is 0. The van der Waals surface area contributed by atoms with E-state index in [4.69, 9.17) is 14.7 Å². The fraction of sp³-hybridized carbons (Fsp3) is 0.290. The highest BCUT2D eigenvalue weighted by atomic mass is 19.1. The molecule has 0 N–H and O–H groups in total. The molecule has 1 amide bonds. The Balaban J connectivity index is 1.52. The van der Waals surface area contributed by atoms with Crippen LogP contribution in [0.4, 0.5) is 19.0 Å². The van der Waals surface area contributed by atoms with Crippen molar-refractivity contribution in [3.63, 3.8) is 0 Å². The Morgan fingerprint density at radius 1 is 1.02 bits per heavy atom. The van der Waals surface area contributed by atoms with Gasteiger partial charge in [0.15, 0.2) is 23.1 Å². The van der Waals surface area contributed by atoms with E-state index in [9.17, 15) is 13.6 Å². The van der Waals surface area contributed by atoms with Crippen LogP contribution in [0.2, 0.25) is 0 Å². The van der Waals surface area contributed by atoms with Crippen LogP contribution in [0.5, 0.6) is 5.75 Å². The molecule has 4 heterocycles. The van der Waals surface area contributed by atoms with Crippen LogP contribution < -0.4 is 9.64 Å². The van der Waals surface area contributed by atoms with Gasteiger partial charge in [-0.2, -0.15) is 0 Å². The standard InChI is InChI=1S/C31H29F3N6O2/c1-5-38-30(41)26-29(40-16-24(17(2)3)36-31(38)40)39(15-20-8-12-22(33)27(42-4)25(20)34)28(37-26)19-9-13-23(35-14-19)18-6-10-21(32)11-7-18/h6-14,17,24H,5,15-16H2,1-4H3/t24-/m0/s1. The second kappa shape index (κ2) is 10.6. The van der Waals surface area contributed by atoms with Gasteiger partial charge < -0.3 is 9.30 Å². The van der Waals surface area contributed by atoms with Gasteiger partial charge in [0.05, 0.1) is 31.9 Å². The molecule has 0 bridgehead atoms. The van der Waals surface area contributed by atoms with Gasteiger partial charge in [0.2, 0.25) is 5.96 Å². The van der Waals surface area contributed by atoms with E-state index in [0.717, 1.165) is 11.6 Å². The molecule has 1 atom stereocenters. The lowest BCUT2D eigenvalue weighted by molar-refractivity contribution is 0.0841. The van der Waals surface area contributed by atoms with Crippen molar-refractivity contribution in [1.82, 2.24) is 19.4 Å². The van der Waals surface area contributed by atoms with Crippen molar-refractivity contribution in [1.29, 1.82) is 0 Å². The van der Waals surface area contributed by atoms with Gasteiger partial charge in [0.25, 0.3) is 5.91 Å². The van der Waals surface area contributed by atoms with Crippen LogP contribution in [-0.4, -0.2) is 57.5 Å². The van der Waals surface area contributed by atoms with E-state index in [0.29, 0.717) is 41.9 Å². The minimum absolute atomic E-state index is 0.0566.